The summed E-state index contributed by atoms with van der Waals surface area (Å²) >= 11 is 0. The number of piperazine rings is 1. The highest BCUT2D eigenvalue weighted by Crippen LogP contribution is 2.18. The van der Waals surface area contributed by atoms with Crippen molar-refractivity contribution in [2.75, 3.05) is 43.4 Å². The van der Waals surface area contributed by atoms with Crippen LogP contribution >= 0.6 is 0 Å². The van der Waals surface area contributed by atoms with Crippen LogP contribution in [0.5, 0.6) is 0 Å². The first-order valence-corrected chi connectivity index (χ1v) is 11.3. The van der Waals surface area contributed by atoms with Crippen LogP contribution in [0.3, 0.4) is 0 Å². The molecule has 0 aromatic heterocycles. The third-order valence-electron chi connectivity index (χ3n) is 5.02. The second kappa shape index (κ2) is 9.84. The van der Waals surface area contributed by atoms with Crippen molar-refractivity contribution in [3.63, 3.8) is 0 Å². The number of hydrogen-bond donors (Lipinski definition) is 1. The molecule has 0 unspecified atom stereocenters. The monoisotopic (exact) mass is 450 g/mol. The maximum Gasteiger partial charge on any atom is 0.269 e. The van der Waals surface area contributed by atoms with Crippen LogP contribution in [0.25, 0.3) is 0 Å². The molecule has 0 saturated carbocycles. The van der Waals surface area contributed by atoms with Gasteiger partial charge in [-0.25, -0.2) is 12.8 Å². The van der Waals surface area contributed by atoms with Gasteiger partial charge in [-0.3, -0.25) is 14.9 Å². The standard InChI is InChI=1S/C20H23FN4O5S/c21-17-3-7-18(8-4-17)23-10-12-24(13-11-23)31(29,30)14-9-22-20(26)15-16-1-5-19(6-2-16)25(27)28/h1-8H,9-15H2,(H,22,26). The normalized spacial score (nSPS) is 14.9. The number of nitrogens with one attached hydrogen (secondary N) is 1. The maximum atomic E-state index is 13.1. The van der Waals surface area contributed by atoms with Gasteiger partial charge in [0.15, 0.2) is 0 Å². The smallest absolute Gasteiger partial charge is 0.269 e. The van der Waals surface area contributed by atoms with E-state index in [0.29, 0.717) is 31.7 Å². The Labute approximate surface area is 179 Å². The molecule has 1 aliphatic heterocycles. The number of nitro benzene ring substituents is 1. The maximum absolute atomic E-state index is 13.1. The quantitative estimate of drug-likeness (QED) is 0.482. The minimum absolute atomic E-state index is 0.00832. The van der Waals surface area contributed by atoms with Gasteiger partial charge in [-0.05, 0) is 29.8 Å². The molecule has 1 heterocycles. The number of anilines is 1. The molecule has 166 valence electrons. The lowest BCUT2D eigenvalue weighted by molar-refractivity contribution is -0.384. The highest BCUT2D eigenvalue weighted by molar-refractivity contribution is 7.89. The van der Waals surface area contributed by atoms with E-state index < -0.39 is 14.9 Å². The molecule has 31 heavy (non-hydrogen) atoms. The molecule has 1 saturated heterocycles. The van der Waals surface area contributed by atoms with Gasteiger partial charge in [0.1, 0.15) is 5.82 Å². The van der Waals surface area contributed by atoms with Crippen LogP contribution in [0.1, 0.15) is 5.56 Å². The minimum Gasteiger partial charge on any atom is -0.369 e. The van der Waals surface area contributed by atoms with Crippen molar-refractivity contribution in [3.05, 3.63) is 70.0 Å². The largest absolute Gasteiger partial charge is 0.369 e. The first-order valence-electron chi connectivity index (χ1n) is 9.73. The summed E-state index contributed by atoms with van der Waals surface area (Å²) in [6.45, 7) is 1.61. The van der Waals surface area contributed by atoms with E-state index in [4.69, 9.17) is 0 Å². The van der Waals surface area contributed by atoms with Crippen LogP contribution in [-0.4, -0.2) is 62.0 Å². The molecule has 9 nitrogen and oxygen atoms in total. The van der Waals surface area contributed by atoms with Crippen LogP contribution in [-0.2, 0) is 21.2 Å². The molecule has 0 bridgehead atoms. The summed E-state index contributed by atoms with van der Waals surface area (Å²) in [5, 5.41) is 13.2. The fraction of sp³-hybridized carbons (Fsp3) is 0.350. The van der Waals surface area contributed by atoms with Crippen molar-refractivity contribution in [1.82, 2.24) is 9.62 Å². The lowest BCUT2D eigenvalue weighted by Crippen LogP contribution is -2.50. The zero-order chi connectivity index (χ0) is 22.4. The summed E-state index contributed by atoms with van der Waals surface area (Å²) in [6, 6.07) is 11.7. The molecule has 0 radical (unpaired) electrons. The highest BCUT2D eigenvalue weighted by Gasteiger charge is 2.26. The molecular formula is C20H23FN4O5S. The Morgan fingerprint density at radius 3 is 2.23 bits per heavy atom. The van der Waals surface area contributed by atoms with Gasteiger partial charge in [0.05, 0.1) is 17.1 Å². The number of nitrogens with zero attached hydrogens (tertiary/aromatic N) is 3. The fourth-order valence-electron chi connectivity index (χ4n) is 3.31. The van der Waals surface area contributed by atoms with Crippen LogP contribution in [0, 0.1) is 15.9 Å². The summed E-state index contributed by atoms with van der Waals surface area (Å²) in [5.74, 6) is -0.888. The zero-order valence-corrected chi connectivity index (χ0v) is 17.6. The van der Waals surface area contributed by atoms with Crippen LogP contribution in [0.2, 0.25) is 0 Å². The number of non-ortho nitro benzene ring substituents is 1. The molecule has 1 N–H and O–H groups in total. The fourth-order valence-corrected chi connectivity index (χ4v) is 4.65. The Hall–Kier alpha value is -3.05. The molecule has 1 fully saturated rings. The first-order chi connectivity index (χ1) is 14.7. The number of benzene rings is 2. The molecule has 0 atom stereocenters. The molecule has 2 aromatic carbocycles. The van der Waals surface area contributed by atoms with Gasteiger partial charge in [0.25, 0.3) is 5.69 Å². The van der Waals surface area contributed by atoms with E-state index in [2.05, 4.69) is 5.32 Å². The molecule has 3 rings (SSSR count). The number of hydrogen-bond acceptors (Lipinski definition) is 6. The average molecular weight is 450 g/mol. The zero-order valence-electron chi connectivity index (χ0n) is 16.7. The van der Waals surface area contributed by atoms with Crippen molar-refractivity contribution in [2.24, 2.45) is 0 Å². The number of carbonyl (C=O) groups is 1. The predicted molar refractivity (Wildman–Crippen MR) is 114 cm³/mol. The van der Waals surface area contributed by atoms with Crippen molar-refractivity contribution >= 4 is 27.3 Å². The molecule has 11 heteroatoms. The number of carbonyl (C=O) groups excluding carboxylic acids is 1. The van der Waals surface area contributed by atoms with Crippen LogP contribution in [0.15, 0.2) is 48.5 Å². The van der Waals surface area contributed by atoms with E-state index in [-0.39, 0.29) is 36.1 Å². The van der Waals surface area contributed by atoms with Gasteiger partial charge in [-0.15, -0.1) is 0 Å². The van der Waals surface area contributed by atoms with Crippen LogP contribution < -0.4 is 10.2 Å². The van der Waals surface area contributed by atoms with Gasteiger partial charge in [-0.2, -0.15) is 4.31 Å². The molecule has 1 aliphatic rings. The number of nitro groups is 1. The van der Waals surface area contributed by atoms with Crippen molar-refractivity contribution in [1.29, 1.82) is 0 Å². The Kier molecular flexibility index (Phi) is 7.18. The third kappa shape index (κ3) is 6.22. The van der Waals surface area contributed by atoms with Crippen molar-refractivity contribution in [2.45, 2.75) is 6.42 Å². The van der Waals surface area contributed by atoms with E-state index in [1.54, 1.807) is 12.1 Å². The minimum atomic E-state index is -3.52. The van der Waals surface area contributed by atoms with Gasteiger partial charge < -0.3 is 10.2 Å². The predicted octanol–water partition coefficient (Wildman–Crippen LogP) is 1.54. The summed E-state index contributed by atoms with van der Waals surface area (Å²) in [6.07, 6.45) is 0.00832. The van der Waals surface area contributed by atoms with Gasteiger partial charge in [-0.1, -0.05) is 12.1 Å². The second-order valence-electron chi connectivity index (χ2n) is 7.13. The van der Waals surface area contributed by atoms with Crippen molar-refractivity contribution < 1.29 is 22.5 Å². The van der Waals surface area contributed by atoms with Crippen molar-refractivity contribution in [3.8, 4) is 0 Å². The second-order valence-corrected chi connectivity index (χ2v) is 9.22. The van der Waals surface area contributed by atoms with Gasteiger partial charge in [0, 0.05) is 50.5 Å². The van der Waals surface area contributed by atoms with Gasteiger partial charge >= 0.3 is 0 Å². The SMILES string of the molecule is O=C(Cc1ccc([N+](=O)[O-])cc1)NCCS(=O)(=O)N1CCN(c2ccc(F)cc2)CC1. The number of amides is 1. The average Bonchev–Trinajstić information content (AvgIpc) is 2.74. The van der Waals surface area contributed by atoms with Gasteiger partial charge in [0.2, 0.25) is 15.9 Å². The lowest BCUT2D eigenvalue weighted by Gasteiger charge is -2.35. The number of halogens is 1. The summed E-state index contributed by atoms with van der Waals surface area (Å²) in [4.78, 5) is 24.2. The molecule has 1 amide bonds. The number of rotatable bonds is 8. The first kappa shape index (κ1) is 22.6. The molecule has 0 aliphatic carbocycles. The Balaban J connectivity index is 1.43. The van der Waals surface area contributed by atoms with E-state index >= 15 is 0 Å². The Morgan fingerprint density at radius 2 is 1.65 bits per heavy atom. The topological polar surface area (TPSA) is 113 Å². The molecular weight excluding hydrogens is 427 g/mol. The summed E-state index contributed by atoms with van der Waals surface area (Å²) in [5.41, 5.74) is 1.38. The Morgan fingerprint density at radius 1 is 1.03 bits per heavy atom. The third-order valence-corrected chi connectivity index (χ3v) is 6.89. The van der Waals surface area contributed by atoms with Crippen LogP contribution in [0.4, 0.5) is 15.8 Å². The highest BCUT2D eigenvalue weighted by atomic mass is 32.2. The van der Waals surface area contributed by atoms with E-state index in [1.807, 2.05) is 4.90 Å². The molecule has 0 spiro atoms. The lowest BCUT2D eigenvalue weighted by atomic mass is 10.1. The van der Waals surface area contributed by atoms with E-state index in [9.17, 15) is 27.7 Å². The molecule has 2 aromatic rings. The number of sulfonamides is 1. The summed E-state index contributed by atoms with van der Waals surface area (Å²) < 4.78 is 39.6. The van der Waals surface area contributed by atoms with E-state index in [1.165, 1.54) is 40.7 Å². The Bertz CT molecular complexity index is 1020. The van der Waals surface area contributed by atoms with E-state index in [0.717, 1.165) is 5.69 Å². The summed E-state index contributed by atoms with van der Waals surface area (Å²) in [7, 11) is -3.52.